The van der Waals surface area contributed by atoms with Crippen LogP contribution in [-0.4, -0.2) is 52.3 Å². The Balaban J connectivity index is 1.41. The summed E-state index contributed by atoms with van der Waals surface area (Å²) < 4.78 is 0. The minimum atomic E-state index is -0.122. The third-order valence-electron chi connectivity index (χ3n) is 5.03. The number of aromatic nitrogens is 1. The summed E-state index contributed by atoms with van der Waals surface area (Å²) in [5.41, 5.74) is 0. The van der Waals surface area contributed by atoms with Crippen LogP contribution in [0.2, 0.25) is 0 Å². The van der Waals surface area contributed by atoms with Gasteiger partial charge in [-0.1, -0.05) is 0 Å². The molecule has 0 bridgehead atoms. The third-order valence-corrected chi connectivity index (χ3v) is 5.97. The summed E-state index contributed by atoms with van der Waals surface area (Å²) in [4.78, 5) is 33.1. The number of likely N-dealkylation sites (tertiary alicyclic amines) is 2. The van der Waals surface area contributed by atoms with Crippen LogP contribution < -0.4 is 0 Å². The fraction of sp³-hybridized carbons (Fsp3) is 0.688. The molecule has 1 aromatic heterocycles. The van der Waals surface area contributed by atoms with Crippen LogP contribution in [0.25, 0.3) is 0 Å². The van der Waals surface area contributed by atoms with Gasteiger partial charge in [0.25, 0.3) is 0 Å². The maximum atomic E-state index is 12.8. The molecule has 1 aliphatic carbocycles. The average Bonchev–Trinajstić information content (AvgIpc) is 3.09. The van der Waals surface area contributed by atoms with Crippen LogP contribution in [0.4, 0.5) is 0 Å². The van der Waals surface area contributed by atoms with Crippen LogP contribution in [0.1, 0.15) is 43.0 Å². The topological polar surface area (TPSA) is 53.5 Å². The molecule has 2 amide bonds. The van der Waals surface area contributed by atoms with E-state index in [0.29, 0.717) is 24.9 Å². The molecule has 6 heteroatoms. The van der Waals surface area contributed by atoms with Crippen LogP contribution in [0.5, 0.6) is 0 Å². The molecule has 4 rings (SSSR count). The zero-order valence-electron chi connectivity index (χ0n) is 12.6. The number of rotatable bonds is 3. The molecule has 0 spiro atoms. The number of amides is 2. The highest BCUT2D eigenvalue weighted by atomic mass is 32.1. The highest BCUT2D eigenvalue weighted by Gasteiger charge is 2.43. The fourth-order valence-corrected chi connectivity index (χ4v) is 4.48. The van der Waals surface area contributed by atoms with Crippen LogP contribution in [0, 0.1) is 5.92 Å². The minimum absolute atomic E-state index is 0.122. The lowest BCUT2D eigenvalue weighted by molar-refractivity contribution is -0.137. The second-order valence-electron chi connectivity index (χ2n) is 6.67. The standard InChI is InChI=1S/C16H21N3O2S/c20-14-8-12(10-19(14)13-3-4-13)16(21)18-6-1-2-11(9-18)15-17-5-7-22-15/h5,7,11-13H,1-4,6,8-10H2/t11-,12-/m0/s1. The second kappa shape index (κ2) is 5.65. The van der Waals surface area contributed by atoms with Crippen LogP contribution in [0.15, 0.2) is 11.6 Å². The van der Waals surface area contributed by atoms with E-state index in [4.69, 9.17) is 0 Å². The van der Waals surface area contributed by atoms with Gasteiger partial charge < -0.3 is 9.80 Å². The molecule has 5 nitrogen and oxygen atoms in total. The number of piperidine rings is 1. The summed E-state index contributed by atoms with van der Waals surface area (Å²) >= 11 is 1.68. The zero-order chi connectivity index (χ0) is 15.1. The number of hydrogen-bond acceptors (Lipinski definition) is 4. The van der Waals surface area contributed by atoms with Crippen LogP contribution in [-0.2, 0) is 9.59 Å². The molecule has 0 unspecified atom stereocenters. The van der Waals surface area contributed by atoms with Crippen molar-refractivity contribution in [1.29, 1.82) is 0 Å². The van der Waals surface area contributed by atoms with Crippen molar-refractivity contribution in [2.75, 3.05) is 19.6 Å². The van der Waals surface area contributed by atoms with Gasteiger partial charge in [-0.15, -0.1) is 11.3 Å². The van der Waals surface area contributed by atoms with Crippen molar-refractivity contribution in [2.45, 2.75) is 44.1 Å². The molecule has 3 fully saturated rings. The molecule has 2 atom stereocenters. The normalized spacial score (nSPS) is 29.2. The Kier molecular flexibility index (Phi) is 3.64. The molecule has 2 aliphatic heterocycles. The Morgan fingerprint density at radius 2 is 2.14 bits per heavy atom. The molecule has 1 saturated carbocycles. The van der Waals surface area contributed by atoms with Gasteiger partial charge in [-0.3, -0.25) is 9.59 Å². The smallest absolute Gasteiger partial charge is 0.228 e. The first-order chi connectivity index (χ1) is 10.7. The summed E-state index contributed by atoms with van der Waals surface area (Å²) in [6, 6.07) is 0.426. The van der Waals surface area contributed by atoms with E-state index in [-0.39, 0.29) is 17.7 Å². The van der Waals surface area contributed by atoms with Gasteiger partial charge in [0.1, 0.15) is 0 Å². The molecule has 3 heterocycles. The molecule has 0 radical (unpaired) electrons. The Morgan fingerprint density at radius 1 is 1.27 bits per heavy atom. The Labute approximate surface area is 134 Å². The molecule has 3 aliphatic rings. The number of nitrogens with zero attached hydrogens (tertiary/aromatic N) is 3. The molecule has 22 heavy (non-hydrogen) atoms. The highest BCUT2D eigenvalue weighted by Crippen LogP contribution is 2.34. The van der Waals surface area contributed by atoms with Crippen molar-refractivity contribution in [1.82, 2.24) is 14.8 Å². The van der Waals surface area contributed by atoms with Crippen LogP contribution in [0.3, 0.4) is 0 Å². The van der Waals surface area contributed by atoms with Crippen molar-refractivity contribution in [3.63, 3.8) is 0 Å². The van der Waals surface area contributed by atoms with E-state index in [0.717, 1.165) is 43.8 Å². The molecular weight excluding hydrogens is 298 g/mol. The molecule has 118 valence electrons. The van der Waals surface area contributed by atoms with Crippen molar-refractivity contribution < 1.29 is 9.59 Å². The summed E-state index contributed by atoms with van der Waals surface area (Å²) in [6.45, 7) is 2.23. The predicted octanol–water partition coefficient (Wildman–Crippen LogP) is 1.86. The fourth-order valence-electron chi connectivity index (χ4n) is 3.71. The first kappa shape index (κ1) is 14.2. The minimum Gasteiger partial charge on any atom is -0.342 e. The van der Waals surface area contributed by atoms with Gasteiger partial charge in [-0.2, -0.15) is 0 Å². The van der Waals surface area contributed by atoms with E-state index in [9.17, 15) is 9.59 Å². The van der Waals surface area contributed by atoms with Crippen molar-refractivity contribution >= 4 is 23.2 Å². The van der Waals surface area contributed by atoms with E-state index in [2.05, 4.69) is 4.98 Å². The first-order valence-corrected chi connectivity index (χ1v) is 9.08. The summed E-state index contributed by atoms with van der Waals surface area (Å²) in [6.07, 6.45) is 6.61. The maximum absolute atomic E-state index is 12.8. The first-order valence-electron chi connectivity index (χ1n) is 8.20. The second-order valence-corrected chi connectivity index (χ2v) is 7.60. The molecule has 1 aromatic rings. The van der Waals surface area contributed by atoms with E-state index < -0.39 is 0 Å². The van der Waals surface area contributed by atoms with Crippen molar-refractivity contribution in [2.24, 2.45) is 5.92 Å². The zero-order valence-corrected chi connectivity index (χ0v) is 13.4. The summed E-state index contributed by atoms with van der Waals surface area (Å²) in [5, 5.41) is 3.14. The average molecular weight is 319 g/mol. The van der Waals surface area contributed by atoms with E-state index in [1.165, 1.54) is 0 Å². The molecule has 2 saturated heterocycles. The van der Waals surface area contributed by atoms with Gasteiger partial charge in [-0.05, 0) is 25.7 Å². The molecule has 0 N–H and O–H groups in total. The lowest BCUT2D eigenvalue weighted by atomic mass is 9.96. The summed E-state index contributed by atoms with van der Waals surface area (Å²) in [5.74, 6) is 0.601. The third kappa shape index (κ3) is 2.64. The van der Waals surface area contributed by atoms with Gasteiger partial charge in [0.05, 0.1) is 10.9 Å². The Bertz CT molecular complexity index is 570. The molecule has 0 aromatic carbocycles. The quantitative estimate of drug-likeness (QED) is 0.854. The highest BCUT2D eigenvalue weighted by molar-refractivity contribution is 7.09. The van der Waals surface area contributed by atoms with Crippen molar-refractivity contribution in [3.8, 4) is 0 Å². The van der Waals surface area contributed by atoms with E-state index >= 15 is 0 Å². The number of hydrogen-bond donors (Lipinski definition) is 0. The SMILES string of the molecule is O=C([C@H]1CC(=O)N(C2CC2)C1)N1CCC[C@H](c2nccs2)C1. The van der Waals surface area contributed by atoms with Gasteiger partial charge >= 0.3 is 0 Å². The predicted molar refractivity (Wildman–Crippen MR) is 83.5 cm³/mol. The van der Waals surface area contributed by atoms with Crippen LogP contribution >= 0.6 is 11.3 Å². The summed E-state index contributed by atoms with van der Waals surface area (Å²) in [7, 11) is 0. The number of thiazole rings is 1. The van der Waals surface area contributed by atoms with Gasteiger partial charge in [0.15, 0.2) is 0 Å². The van der Waals surface area contributed by atoms with Gasteiger partial charge in [-0.25, -0.2) is 4.98 Å². The molecular formula is C16H21N3O2S. The maximum Gasteiger partial charge on any atom is 0.228 e. The van der Waals surface area contributed by atoms with E-state index in [1.54, 1.807) is 11.3 Å². The number of carbonyl (C=O) groups is 2. The number of carbonyl (C=O) groups excluding carboxylic acids is 2. The Hall–Kier alpha value is -1.43. The largest absolute Gasteiger partial charge is 0.342 e. The monoisotopic (exact) mass is 319 g/mol. The van der Waals surface area contributed by atoms with E-state index in [1.807, 2.05) is 21.4 Å². The lowest BCUT2D eigenvalue weighted by Gasteiger charge is -2.33. The lowest BCUT2D eigenvalue weighted by Crippen LogP contribution is -2.43. The van der Waals surface area contributed by atoms with Gasteiger partial charge in [0, 0.05) is 49.6 Å². The van der Waals surface area contributed by atoms with Gasteiger partial charge in [0.2, 0.25) is 11.8 Å². The van der Waals surface area contributed by atoms with Crippen molar-refractivity contribution in [3.05, 3.63) is 16.6 Å². The Morgan fingerprint density at radius 3 is 2.86 bits per heavy atom.